The summed E-state index contributed by atoms with van der Waals surface area (Å²) in [6.07, 6.45) is 2.88. The molecule has 2 aromatic heterocycles. The Kier molecular flexibility index (Phi) is 2.66. The summed E-state index contributed by atoms with van der Waals surface area (Å²) in [6, 6.07) is 0. The van der Waals surface area contributed by atoms with Gasteiger partial charge in [0.1, 0.15) is 0 Å². The van der Waals surface area contributed by atoms with Gasteiger partial charge < -0.3 is 10.3 Å². The molecule has 10 heteroatoms. The monoisotopic (exact) mass is 273 g/mol. The number of aromatic nitrogens is 4. The van der Waals surface area contributed by atoms with Gasteiger partial charge in [-0.25, -0.2) is 14.2 Å². The maximum absolute atomic E-state index is 13.2. The fourth-order valence-corrected chi connectivity index (χ4v) is 2.38. The highest BCUT2D eigenvalue weighted by Gasteiger charge is 2.23. The van der Waals surface area contributed by atoms with Crippen LogP contribution in [0, 0.1) is 5.82 Å². The second kappa shape index (κ2) is 3.91. The summed E-state index contributed by atoms with van der Waals surface area (Å²) in [5.74, 6) is -1.76. The van der Waals surface area contributed by atoms with Gasteiger partial charge in [-0.05, 0) is 0 Å². The number of nitrogen functional groups attached to an aromatic ring is 1. The van der Waals surface area contributed by atoms with Gasteiger partial charge in [0.15, 0.2) is 16.7 Å². The van der Waals surface area contributed by atoms with Crippen molar-refractivity contribution in [1.29, 1.82) is 0 Å². The zero-order valence-electron chi connectivity index (χ0n) is 9.11. The lowest BCUT2D eigenvalue weighted by atomic mass is 10.6. The average Bonchev–Trinajstić information content (AvgIpc) is 2.70. The fourth-order valence-electron chi connectivity index (χ4n) is 1.23. The first-order chi connectivity index (χ1) is 8.32. The third kappa shape index (κ3) is 1.86. The van der Waals surface area contributed by atoms with Crippen LogP contribution in [0.5, 0.6) is 0 Å². The summed E-state index contributed by atoms with van der Waals surface area (Å²) in [6.45, 7) is 0. The van der Waals surface area contributed by atoms with Crippen molar-refractivity contribution in [1.82, 2.24) is 18.5 Å². The van der Waals surface area contributed by atoms with Gasteiger partial charge in [0.2, 0.25) is 0 Å². The minimum absolute atomic E-state index is 0.154. The molecule has 96 valence electrons. The number of nitrogens with zero attached hydrogens (tertiary/aromatic N) is 4. The molecule has 2 aromatic rings. The summed E-state index contributed by atoms with van der Waals surface area (Å²) in [7, 11) is -2.72. The van der Waals surface area contributed by atoms with E-state index in [-0.39, 0.29) is 3.97 Å². The number of hydrogen-bond donors (Lipinski definition) is 1. The molecule has 0 amide bonds. The lowest BCUT2D eigenvalue weighted by molar-refractivity contribution is 0.569. The number of aryl methyl sites for hydroxylation is 1. The third-order valence-electron chi connectivity index (χ3n) is 2.08. The molecule has 0 aliphatic rings. The van der Waals surface area contributed by atoms with E-state index in [2.05, 4.69) is 9.97 Å². The van der Waals surface area contributed by atoms with Gasteiger partial charge in [0.25, 0.3) is 10.0 Å². The maximum atomic E-state index is 13.2. The average molecular weight is 273 g/mol. The van der Waals surface area contributed by atoms with Crippen molar-refractivity contribution in [3.8, 4) is 0 Å². The molecule has 0 radical (unpaired) electrons. The van der Waals surface area contributed by atoms with Gasteiger partial charge in [0.05, 0.1) is 12.5 Å². The quantitative estimate of drug-likeness (QED) is 0.745. The molecule has 8 nitrogen and oxygen atoms in total. The second-order valence-corrected chi connectivity index (χ2v) is 5.20. The standard InChI is InChI=1S/C8H8FN5O3S/c1-13-3-6(11-4-13)18(16,17)14-2-5(9)7(10)12-8(14)15/h2-4H,1H3,(H2,10,12,15). The van der Waals surface area contributed by atoms with Crippen LogP contribution >= 0.6 is 0 Å². The van der Waals surface area contributed by atoms with E-state index in [9.17, 15) is 17.6 Å². The van der Waals surface area contributed by atoms with Crippen LogP contribution in [0.25, 0.3) is 0 Å². The van der Waals surface area contributed by atoms with Crippen molar-refractivity contribution < 1.29 is 12.8 Å². The summed E-state index contributed by atoms with van der Waals surface area (Å²) in [5, 5.41) is -0.391. The van der Waals surface area contributed by atoms with Crippen molar-refractivity contribution in [3.05, 3.63) is 35.0 Å². The number of hydrogen-bond acceptors (Lipinski definition) is 6. The Balaban J connectivity index is 2.69. The van der Waals surface area contributed by atoms with E-state index < -0.39 is 32.4 Å². The molecule has 2 rings (SSSR count). The highest BCUT2D eigenvalue weighted by molar-refractivity contribution is 7.89. The summed E-state index contributed by atoms with van der Waals surface area (Å²) in [5.41, 5.74) is 3.87. The van der Waals surface area contributed by atoms with E-state index >= 15 is 0 Å². The van der Waals surface area contributed by atoms with E-state index in [0.29, 0.717) is 6.20 Å². The number of nitrogens with two attached hydrogens (primary N) is 1. The smallest absolute Gasteiger partial charge is 0.363 e. The lowest BCUT2D eigenvalue weighted by Crippen LogP contribution is -2.30. The van der Waals surface area contributed by atoms with Crippen LogP contribution in [0.2, 0.25) is 0 Å². The Morgan fingerprint density at radius 1 is 1.39 bits per heavy atom. The Labute approximate surface area is 101 Å². The third-order valence-corrected chi connectivity index (χ3v) is 3.60. The largest absolute Gasteiger partial charge is 0.381 e. The van der Waals surface area contributed by atoms with Crippen molar-refractivity contribution in [2.75, 3.05) is 5.73 Å². The molecule has 18 heavy (non-hydrogen) atoms. The van der Waals surface area contributed by atoms with Crippen LogP contribution in [-0.4, -0.2) is 26.9 Å². The Morgan fingerprint density at radius 3 is 2.61 bits per heavy atom. The van der Waals surface area contributed by atoms with Gasteiger partial charge in [-0.1, -0.05) is 0 Å². The molecule has 0 fully saturated rings. The molecular formula is C8H8FN5O3S. The highest BCUT2D eigenvalue weighted by atomic mass is 32.2. The van der Waals surface area contributed by atoms with Crippen molar-refractivity contribution in [2.24, 2.45) is 7.05 Å². The summed E-state index contributed by atoms with van der Waals surface area (Å²) >= 11 is 0. The first-order valence-corrected chi connectivity index (χ1v) is 6.04. The summed E-state index contributed by atoms with van der Waals surface area (Å²) in [4.78, 5) is 18.1. The van der Waals surface area contributed by atoms with Gasteiger partial charge in [0, 0.05) is 13.2 Å². The lowest BCUT2D eigenvalue weighted by Gasteiger charge is -2.04. The zero-order valence-corrected chi connectivity index (χ0v) is 9.93. The van der Waals surface area contributed by atoms with Crippen LogP contribution in [0.4, 0.5) is 10.2 Å². The predicted octanol–water partition coefficient (Wildman–Crippen LogP) is -1.06. The predicted molar refractivity (Wildman–Crippen MR) is 58.7 cm³/mol. The molecular weight excluding hydrogens is 265 g/mol. The Morgan fingerprint density at radius 2 is 2.06 bits per heavy atom. The second-order valence-electron chi connectivity index (χ2n) is 3.43. The molecule has 0 aromatic carbocycles. The van der Waals surface area contributed by atoms with Crippen LogP contribution in [-0.2, 0) is 17.1 Å². The van der Waals surface area contributed by atoms with E-state index in [1.54, 1.807) is 7.05 Å². The molecule has 0 unspecified atom stereocenters. The minimum Gasteiger partial charge on any atom is -0.381 e. The Bertz CT molecular complexity index is 763. The molecule has 0 aliphatic heterocycles. The molecule has 2 heterocycles. The zero-order chi connectivity index (χ0) is 13.5. The first-order valence-electron chi connectivity index (χ1n) is 4.60. The van der Waals surface area contributed by atoms with Crippen molar-refractivity contribution >= 4 is 15.8 Å². The molecule has 0 saturated heterocycles. The fraction of sp³-hybridized carbons (Fsp3) is 0.125. The van der Waals surface area contributed by atoms with E-state index in [0.717, 1.165) is 0 Å². The molecule has 0 saturated carbocycles. The van der Waals surface area contributed by atoms with E-state index in [4.69, 9.17) is 5.73 Å². The SMILES string of the molecule is Cn1cnc(S(=O)(=O)n2cc(F)c(N)nc2=O)c1. The molecule has 2 N–H and O–H groups in total. The number of halogens is 1. The van der Waals surface area contributed by atoms with Gasteiger partial charge in [-0.15, -0.1) is 0 Å². The maximum Gasteiger partial charge on any atom is 0.363 e. The van der Waals surface area contributed by atoms with Gasteiger partial charge >= 0.3 is 5.69 Å². The molecule has 0 atom stereocenters. The normalized spacial score (nSPS) is 11.7. The van der Waals surface area contributed by atoms with Crippen LogP contribution in [0.3, 0.4) is 0 Å². The van der Waals surface area contributed by atoms with Crippen LogP contribution in [0.15, 0.2) is 28.5 Å². The van der Waals surface area contributed by atoms with Gasteiger partial charge in [-0.3, -0.25) is 0 Å². The topological polar surface area (TPSA) is 113 Å². The van der Waals surface area contributed by atoms with Gasteiger partial charge in [-0.2, -0.15) is 17.4 Å². The van der Waals surface area contributed by atoms with E-state index in [1.807, 2.05) is 0 Å². The molecule has 0 spiro atoms. The first kappa shape index (κ1) is 12.2. The Hall–Kier alpha value is -2.23. The van der Waals surface area contributed by atoms with Crippen LogP contribution < -0.4 is 11.4 Å². The molecule has 0 aliphatic carbocycles. The molecule has 0 bridgehead atoms. The van der Waals surface area contributed by atoms with Crippen molar-refractivity contribution in [2.45, 2.75) is 5.03 Å². The van der Waals surface area contributed by atoms with E-state index in [1.165, 1.54) is 17.1 Å². The minimum atomic E-state index is -4.27. The number of anilines is 1. The number of rotatable bonds is 2. The summed E-state index contributed by atoms with van der Waals surface area (Å²) < 4.78 is 38.6. The van der Waals surface area contributed by atoms with Crippen molar-refractivity contribution in [3.63, 3.8) is 0 Å². The van der Waals surface area contributed by atoms with Crippen LogP contribution in [0.1, 0.15) is 0 Å². The number of imidazole rings is 1. The highest BCUT2D eigenvalue weighted by Crippen LogP contribution is 2.10.